The summed E-state index contributed by atoms with van der Waals surface area (Å²) < 4.78 is 5.46. The number of nitrogens with one attached hydrogen (secondary N) is 1. The molecule has 2 amide bonds. The molecule has 0 bridgehead atoms. The molecule has 1 aliphatic heterocycles. The number of hydrogen-bond acceptors (Lipinski definition) is 4. The molecule has 0 radical (unpaired) electrons. The molecule has 1 saturated heterocycles. The van der Waals surface area contributed by atoms with Crippen LogP contribution in [0.25, 0.3) is 11.1 Å². The van der Waals surface area contributed by atoms with Crippen LogP contribution in [0.2, 0.25) is 0 Å². The Kier molecular flexibility index (Phi) is 6.21. The van der Waals surface area contributed by atoms with Crippen molar-refractivity contribution in [3.63, 3.8) is 0 Å². The highest BCUT2D eigenvalue weighted by atomic mass is 16.5. The van der Waals surface area contributed by atoms with Crippen molar-refractivity contribution in [1.29, 1.82) is 0 Å². The Labute approximate surface area is 181 Å². The lowest BCUT2D eigenvalue weighted by Gasteiger charge is -2.33. The summed E-state index contributed by atoms with van der Waals surface area (Å²) in [6, 6.07) is 15.4. The number of alkyl carbamates (subject to hydrolysis) is 1. The molecule has 0 saturated carbocycles. The van der Waals surface area contributed by atoms with Gasteiger partial charge in [0, 0.05) is 25.4 Å². The number of carboxylic acids is 1. The van der Waals surface area contributed by atoms with Gasteiger partial charge in [0.1, 0.15) is 12.6 Å². The molecule has 1 unspecified atom stereocenters. The molecule has 1 aliphatic carbocycles. The standard InChI is InChI=1S/C24H26N2O5/c27-22(26-14-6-5-11-21(26)23(28)29)12-13-25-24(30)31-15-20-18-9-3-1-7-16(18)17-8-2-4-10-19(17)20/h1-4,7-10,20-21H,5-6,11-15H2,(H,25,30)(H,28,29). The second-order valence-electron chi connectivity index (χ2n) is 7.94. The molecule has 1 fully saturated rings. The van der Waals surface area contributed by atoms with Crippen LogP contribution in [0.15, 0.2) is 48.5 Å². The van der Waals surface area contributed by atoms with Gasteiger partial charge in [-0.3, -0.25) is 4.79 Å². The van der Waals surface area contributed by atoms with Gasteiger partial charge in [-0.2, -0.15) is 0 Å². The van der Waals surface area contributed by atoms with E-state index < -0.39 is 18.1 Å². The molecule has 2 aromatic rings. The second kappa shape index (κ2) is 9.20. The average molecular weight is 422 g/mol. The van der Waals surface area contributed by atoms with Crippen LogP contribution < -0.4 is 5.32 Å². The number of ether oxygens (including phenoxy) is 1. The fourth-order valence-electron chi connectivity index (χ4n) is 4.55. The van der Waals surface area contributed by atoms with E-state index in [1.807, 2.05) is 24.3 Å². The Bertz CT molecular complexity index is 944. The van der Waals surface area contributed by atoms with Gasteiger partial charge in [0.15, 0.2) is 0 Å². The molecule has 4 rings (SSSR count). The monoisotopic (exact) mass is 422 g/mol. The number of nitrogens with zero attached hydrogens (tertiary/aromatic N) is 1. The summed E-state index contributed by atoms with van der Waals surface area (Å²) in [5, 5.41) is 11.9. The minimum atomic E-state index is -0.974. The van der Waals surface area contributed by atoms with Crippen LogP contribution in [0.4, 0.5) is 4.79 Å². The summed E-state index contributed by atoms with van der Waals surface area (Å²) in [7, 11) is 0. The van der Waals surface area contributed by atoms with E-state index >= 15 is 0 Å². The van der Waals surface area contributed by atoms with Crippen LogP contribution in [-0.2, 0) is 14.3 Å². The van der Waals surface area contributed by atoms with Gasteiger partial charge < -0.3 is 20.1 Å². The molecular weight excluding hydrogens is 396 g/mol. The number of carbonyl (C=O) groups excluding carboxylic acids is 2. The Balaban J connectivity index is 1.28. The molecule has 0 aromatic heterocycles. The Morgan fingerprint density at radius 3 is 2.29 bits per heavy atom. The van der Waals surface area contributed by atoms with Crippen molar-refractivity contribution in [2.24, 2.45) is 0 Å². The number of fused-ring (bicyclic) bond motifs is 3. The molecule has 2 aromatic carbocycles. The maximum atomic E-state index is 12.4. The third kappa shape index (κ3) is 4.40. The molecule has 2 aliphatic rings. The fourth-order valence-corrected chi connectivity index (χ4v) is 4.55. The van der Waals surface area contributed by atoms with Gasteiger partial charge in [-0.25, -0.2) is 9.59 Å². The van der Waals surface area contributed by atoms with Gasteiger partial charge in [-0.05, 0) is 41.5 Å². The summed E-state index contributed by atoms with van der Waals surface area (Å²) in [4.78, 5) is 37.4. The number of benzene rings is 2. The van der Waals surface area contributed by atoms with E-state index in [2.05, 4.69) is 29.6 Å². The first-order valence-corrected chi connectivity index (χ1v) is 10.7. The van der Waals surface area contributed by atoms with Gasteiger partial charge in [-0.15, -0.1) is 0 Å². The smallest absolute Gasteiger partial charge is 0.407 e. The highest BCUT2D eigenvalue weighted by Crippen LogP contribution is 2.44. The molecule has 31 heavy (non-hydrogen) atoms. The van der Waals surface area contributed by atoms with Crippen molar-refractivity contribution in [2.75, 3.05) is 19.7 Å². The van der Waals surface area contributed by atoms with E-state index in [-0.39, 0.29) is 31.4 Å². The zero-order chi connectivity index (χ0) is 21.8. The van der Waals surface area contributed by atoms with Crippen molar-refractivity contribution >= 4 is 18.0 Å². The second-order valence-corrected chi connectivity index (χ2v) is 7.94. The number of rotatable bonds is 6. The van der Waals surface area contributed by atoms with E-state index in [1.165, 1.54) is 4.90 Å². The van der Waals surface area contributed by atoms with Crippen LogP contribution in [0.5, 0.6) is 0 Å². The predicted octanol–water partition coefficient (Wildman–Crippen LogP) is 3.38. The average Bonchev–Trinajstić information content (AvgIpc) is 3.11. The lowest BCUT2D eigenvalue weighted by molar-refractivity contribution is -0.152. The van der Waals surface area contributed by atoms with Crippen LogP contribution in [0.1, 0.15) is 42.7 Å². The van der Waals surface area contributed by atoms with Crippen molar-refractivity contribution < 1.29 is 24.2 Å². The number of hydrogen-bond donors (Lipinski definition) is 2. The van der Waals surface area contributed by atoms with Gasteiger partial charge >= 0.3 is 12.1 Å². The molecule has 7 heteroatoms. The van der Waals surface area contributed by atoms with Crippen molar-refractivity contribution in [1.82, 2.24) is 10.2 Å². The zero-order valence-corrected chi connectivity index (χ0v) is 17.3. The number of amides is 2. The van der Waals surface area contributed by atoms with Crippen molar-refractivity contribution in [3.8, 4) is 11.1 Å². The van der Waals surface area contributed by atoms with Crippen LogP contribution in [-0.4, -0.2) is 53.7 Å². The fraction of sp³-hybridized carbons (Fsp3) is 0.375. The highest BCUT2D eigenvalue weighted by molar-refractivity contribution is 5.84. The normalized spacial score (nSPS) is 17.5. The molecule has 7 nitrogen and oxygen atoms in total. The Morgan fingerprint density at radius 1 is 1.00 bits per heavy atom. The van der Waals surface area contributed by atoms with Gasteiger partial charge in [-0.1, -0.05) is 48.5 Å². The van der Waals surface area contributed by atoms with E-state index in [0.29, 0.717) is 13.0 Å². The third-order valence-corrected chi connectivity index (χ3v) is 6.06. The van der Waals surface area contributed by atoms with E-state index in [4.69, 9.17) is 4.74 Å². The number of carbonyl (C=O) groups is 3. The minimum absolute atomic E-state index is 0.0237. The first-order chi connectivity index (χ1) is 15.1. The number of aliphatic carboxylic acids is 1. The van der Waals surface area contributed by atoms with E-state index in [0.717, 1.165) is 35.1 Å². The summed E-state index contributed by atoms with van der Waals surface area (Å²) >= 11 is 0. The highest BCUT2D eigenvalue weighted by Gasteiger charge is 2.32. The van der Waals surface area contributed by atoms with Crippen molar-refractivity contribution in [2.45, 2.75) is 37.6 Å². The molecule has 2 N–H and O–H groups in total. The Morgan fingerprint density at radius 2 is 1.65 bits per heavy atom. The van der Waals surface area contributed by atoms with Crippen LogP contribution >= 0.6 is 0 Å². The van der Waals surface area contributed by atoms with Crippen molar-refractivity contribution in [3.05, 3.63) is 59.7 Å². The molecule has 0 spiro atoms. The maximum absolute atomic E-state index is 12.4. The molecule has 162 valence electrons. The number of piperidine rings is 1. The first-order valence-electron chi connectivity index (χ1n) is 10.7. The number of carboxylic acid groups (broad SMARTS) is 1. The maximum Gasteiger partial charge on any atom is 0.407 e. The summed E-state index contributed by atoms with van der Waals surface area (Å²) in [6.07, 6.45) is 1.55. The van der Waals surface area contributed by atoms with Gasteiger partial charge in [0.2, 0.25) is 5.91 Å². The first kappa shape index (κ1) is 20.9. The predicted molar refractivity (Wildman–Crippen MR) is 115 cm³/mol. The summed E-state index contributed by atoms with van der Waals surface area (Å²) in [5.74, 6) is -1.26. The summed E-state index contributed by atoms with van der Waals surface area (Å²) in [5.41, 5.74) is 4.59. The number of likely N-dealkylation sites (tertiary alicyclic amines) is 1. The largest absolute Gasteiger partial charge is 0.480 e. The van der Waals surface area contributed by atoms with E-state index in [1.54, 1.807) is 0 Å². The van der Waals surface area contributed by atoms with Crippen LogP contribution in [0, 0.1) is 0 Å². The van der Waals surface area contributed by atoms with E-state index in [9.17, 15) is 19.5 Å². The zero-order valence-electron chi connectivity index (χ0n) is 17.3. The summed E-state index contributed by atoms with van der Waals surface area (Å²) in [6.45, 7) is 0.764. The third-order valence-electron chi connectivity index (χ3n) is 6.06. The topological polar surface area (TPSA) is 95.9 Å². The lowest BCUT2D eigenvalue weighted by atomic mass is 9.98. The quantitative estimate of drug-likeness (QED) is 0.744. The molecule has 1 atom stereocenters. The van der Waals surface area contributed by atoms with Crippen LogP contribution in [0.3, 0.4) is 0 Å². The minimum Gasteiger partial charge on any atom is -0.480 e. The lowest BCUT2D eigenvalue weighted by Crippen LogP contribution is -2.48. The molecule has 1 heterocycles. The van der Waals surface area contributed by atoms with Gasteiger partial charge in [0.05, 0.1) is 0 Å². The SMILES string of the molecule is O=C(NCCC(=O)N1CCCCC1C(=O)O)OCC1c2ccccc2-c2ccccc21. The molecular formula is C24H26N2O5. The van der Waals surface area contributed by atoms with Gasteiger partial charge in [0.25, 0.3) is 0 Å². The Hall–Kier alpha value is -3.35.